The quantitative estimate of drug-likeness (QED) is 0.424. The molecule has 6 nitrogen and oxygen atoms in total. The number of benzene rings is 1. The number of rotatable bonds is 2. The Morgan fingerprint density at radius 2 is 1.05 bits per heavy atom. The van der Waals surface area contributed by atoms with Gasteiger partial charge in [-0.2, -0.15) is 0 Å². The first kappa shape index (κ1) is 23.0. The van der Waals surface area contributed by atoms with Crippen molar-refractivity contribution >= 4 is 127 Å². The Kier molecular flexibility index (Phi) is 13.1. The zero-order valence-electron chi connectivity index (χ0n) is 9.76. The number of carbonyl (C=O) groups is 4. The van der Waals surface area contributed by atoms with Crippen LogP contribution in [0.1, 0.15) is 34.6 Å². The van der Waals surface area contributed by atoms with Gasteiger partial charge in [-0.25, -0.2) is 9.59 Å². The van der Waals surface area contributed by atoms with E-state index in [1.807, 2.05) is 0 Å². The van der Waals surface area contributed by atoms with Crippen LogP contribution in [0.5, 0.6) is 0 Å². The third kappa shape index (κ3) is 7.69. The summed E-state index contributed by atoms with van der Waals surface area (Å²) in [6.07, 6.45) is 0. The Hall–Kier alpha value is 0.773. The molecule has 8 heteroatoms. The molecule has 0 saturated carbocycles. The van der Waals surface area contributed by atoms with Gasteiger partial charge in [-0.15, -0.1) is 0 Å². The summed E-state index contributed by atoms with van der Waals surface area (Å²) < 4.78 is 8.72. The molecule has 0 N–H and O–H groups in total. The molecule has 0 aliphatic heterocycles. The number of carbonyl (C=O) groups excluding carboxylic acids is 4. The van der Waals surface area contributed by atoms with Crippen LogP contribution < -0.4 is 0 Å². The van der Waals surface area contributed by atoms with Crippen LogP contribution in [0.4, 0.5) is 0 Å². The SMILES string of the molecule is CC(=O)OC(=O)c1ccccc1C(=O)OC(C)=O.[KH].[KH]. The average molecular weight is 330 g/mol. The van der Waals surface area contributed by atoms with Crippen LogP contribution in [0, 0.1) is 0 Å². The molecule has 0 amide bonds. The van der Waals surface area contributed by atoms with Crippen LogP contribution in [0.2, 0.25) is 0 Å². The molecule has 0 bridgehead atoms. The van der Waals surface area contributed by atoms with Gasteiger partial charge in [0.25, 0.3) is 0 Å². The first-order chi connectivity index (χ1) is 8.41. The molecule has 1 rings (SSSR count). The molecule has 0 saturated heterocycles. The first-order valence-corrected chi connectivity index (χ1v) is 4.96. The maximum atomic E-state index is 11.5. The predicted molar refractivity (Wildman–Crippen MR) is 72.9 cm³/mol. The molecule has 0 atom stereocenters. The second-order valence-corrected chi connectivity index (χ2v) is 3.31. The van der Waals surface area contributed by atoms with Crippen LogP contribution in [-0.2, 0) is 19.1 Å². The van der Waals surface area contributed by atoms with E-state index in [1.54, 1.807) is 0 Å². The minimum absolute atomic E-state index is 0. The molecular formula is C12H12K2O6. The molecule has 1 aromatic carbocycles. The summed E-state index contributed by atoms with van der Waals surface area (Å²) >= 11 is 0. The summed E-state index contributed by atoms with van der Waals surface area (Å²) in [6.45, 7) is 2.13. The Morgan fingerprint density at radius 1 is 0.750 bits per heavy atom. The van der Waals surface area contributed by atoms with Gasteiger partial charge in [0.2, 0.25) is 0 Å². The summed E-state index contributed by atoms with van der Waals surface area (Å²) in [7, 11) is 0. The van der Waals surface area contributed by atoms with E-state index in [2.05, 4.69) is 9.47 Å². The summed E-state index contributed by atoms with van der Waals surface area (Å²) in [6, 6.07) is 5.56. The minimum atomic E-state index is -0.974. The Balaban J connectivity index is 0. The molecule has 0 aromatic heterocycles. The standard InChI is InChI=1S/C12H10O6.2K.2H/c1-7(13)17-11(15)9-5-3-4-6-10(9)12(16)18-8(2)14;;;;/h3-6H,1-2H3;;;;. The average Bonchev–Trinajstić information content (AvgIpc) is 2.27. The Labute approximate surface area is 200 Å². The van der Waals surface area contributed by atoms with Crippen LogP contribution >= 0.6 is 0 Å². The van der Waals surface area contributed by atoms with Gasteiger partial charge >= 0.3 is 127 Å². The van der Waals surface area contributed by atoms with Gasteiger partial charge in [0, 0.05) is 13.8 Å². The van der Waals surface area contributed by atoms with Gasteiger partial charge in [-0.3, -0.25) is 9.59 Å². The van der Waals surface area contributed by atoms with Gasteiger partial charge in [-0.1, -0.05) is 12.1 Å². The monoisotopic (exact) mass is 330 g/mol. The second-order valence-electron chi connectivity index (χ2n) is 3.31. The van der Waals surface area contributed by atoms with Crippen molar-refractivity contribution < 1.29 is 28.7 Å². The fourth-order valence-electron chi connectivity index (χ4n) is 1.21. The first-order valence-electron chi connectivity index (χ1n) is 4.96. The molecule has 98 valence electrons. The zero-order chi connectivity index (χ0) is 13.7. The van der Waals surface area contributed by atoms with Crippen molar-refractivity contribution in [1.29, 1.82) is 0 Å². The third-order valence-electron chi connectivity index (χ3n) is 1.84. The van der Waals surface area contributed by atoms with Crippen molar-refractivity contribution in [2.24, 2.45) is 0 Å². The number of ether oxygens (including phenoxy) is 2. The van der Waals surface area contributed by atoms with Crippen molar-refractivity contribution in [3.05, 3.63) is 35.4 Å². The third-order valence-corrected chi connectivity index (χ3v) is 1.84. The number of hydrogen-bond acceptors (Lipinski definition) is 6. The van der Waals surface area contributed by atoms with E-state index in [1.165, 1.54) is 24.3 Å². The van der Waals surface area contributed by atoms with Crippen molar-refractivity contribution in [2.45, 2.75) is 13.8 Å². The van der Waals surface area contributed by atoms with E-state index in [0.29, 0.717) is 0 Å². The molecule has 0 fully saturated rings. The van der Waals surface area contributed by atoms with Crippen LogP contribution in [0.25, 0.3) is 0 Å². The molecular weight excluding hydrogens is 318 g/mol. The van der Waals surface area contributed by atoms with Crippen LogP contribution in [-0.4, -0.2) is 127 Å². The fraction of sp³-hybridized carbons (Fsp3) is 0.167. The van der Waals surface area contributed by atoms with Crippen molar-refractivity contribution in [1.82, 2.24) is 0 Å². The Bertz CT molecular complexity index is 479. The van der Waals surface area contributed by atoms with Crippen LogP contribution in [0.3, 0.4) is 0 Å². The maximum absolute atomic E-state index is 11.5. The summed E-state index contributed by atoms with van der Waals surface area (Å²) in [4.78, 5) is 44.4. The number of hydrogen-bond donors (Lipinski definition) is 0. The molecule has 20 heavy (non-hydrogen) atoms. The number of esters is 4. The zero-order valence-corrected chi connectivity index (χ0v) is 9.76. The molecule has 0 aliphatic carbocycles. The summed E-state index contributed by atoms with van der Waals surface area (Å²) in [5.41, 5.74) is -0.280. The molecule has 1 aromatic rings. The summed E-state index contributed by atoms with van der Waals surface area (Å²) in [5, 5.41) is 0. The van der Waals surface area contributed by atoms with Crippen molar-refractivity contribution in [2.75, 3.05) is 0 Å². The topological polar surface area (TPSA) is 86.7 Å². The van der Waals surface area contributed by atoms with Gasteiger partial charge in [0.1, 0.15) is 0 Å². The van der Waals surface area contributed by atoms with E-state index in [9.17, 15) is 19.2 Å². The fourth-order valence-corrected chi connectivity index (χ4v) is 1.21. The van der Waals surface area contributed by atoms with E-state index in [0.717, 1.165) is 13.8 Å². The molecule has 0 unspecified atom stereocenters. The van der Waals surface area contributed by atoms with Gasteiger partial charge in [0.05, 0.1) is 11.1 Å². The van der Waals surface area contributed by atoms with E-state index >= 15 is 0 Å². The van der Waals surface area contributed by atoms with Gasteiger partial charge < -0.3 is 9.47 Å². The molecule has 0 heterocycles. The van der Waals surface area contributed by atoms with Crippen molar-refractivity contribution in [3.8, 4) is 0 Å². The molecule has 0 spiro atoms. The van der Waals surface area contributed by atoms with E-state index < -0.39 is 23.9 Å². The molecule has 0 radical (unpaired) electrons. The molecule has 0 aliphatic rings. The Morgan fingerprint density at radius 3 is 1.30 bits per heavy atom. The van der Waals surface area contributed by atoms with E-state index in [4.69, 9.17) is 0 Å². The second kappa shape index (κ2) is 11.4. The van der Waals surface area contributed by atoms with Crippen molar-refractivity contribution in [3.63, 3.8) is 0 Å². The van der Waals surface area contributed by atoms with Gasteiger partial charge in [-0.05, 0) is 12.1 Å². The predicted octanol–water partition coefficient (Wildman–Crippen LogP) is -0.204. The van der Waals surface area contributed by atoms with Gasteiger partial charge in [0.15, 0.2) is 0 Å². The normalized spacial score (nSPS) is 8.50. The summed E-state index contributed by atoms with van der Waals surface area (Å²) in [5.74, 6) is -3.54. The van der Waals surface area contributed by atoms with E-state index in [-0.39, 0.29) is 114 Å². The van der Waals surface area contributed by atoms with Crippen LogP contribution in [0.15, 0.2) is 24.3 Å².